The molecule has 0 radical (unpaired) electrons. The Kier molecular flexibility index (Phi) is 3.21. The molecule has 114 valence electrons. The Hall–Kier alpha value is -1.10. The molecule has 1 saturated carbocycles. The van der Waals surface area contributed by atoms with Gasteiger partial charge in [-0.1, -0.05) is 18.2 Å². The van der Waals surface area contributed by atoms with Crippen LogP contribution in [-0.4, -0.2) is 36.1 Å². The second kappa shape index (κ2) is 4.97. The summed E-state index contributed by atoms with van der Waals surface area (Å²) in [7, 11) is 0. The van der Waals surface area contributed by atoms with Crippen molar-refractivity contribution in [3.63, 3.8) is 0 Å². The minimum absolute atomic E-state index is 0.0286. The molecule has 2 heterocycles. The maximum absolute atomic E-state index is 10.5. The van der Waals surface area contributed by atoms with Crippen molar-refractivity contribution in [2.75, 3.05) is 19.8 Å². The number of rotatable bonds is 3. The van der Waals surface area contributed by atoms with Crippen LogP contribution in [0.2, 0.25) is 0 Å². The zero-order valence-electron chi connectivity index (χ0n) is 12.3. The Balaban J connectivity index is 1.53. The first-order valence-corrected chi connectivity index (χ1v) is 8.00. The summed E-state index contributed by atoms with van der Waals surface area (Å²) < 4.78 is 11.6. The lowest BCUT2D eigenvalue weighted by Gasteiger charge is -2.48. The molecular formula is C17H23NO3. The fourth-order valence-electron chi connectivity index (χ4n) is 3.73. The topological polar surface area (TPSA) is 50.7 Å². The van der Waals surface area contributed by atoms with E-state index in [2.05, 4.69) is 23.5 Å². The second-order valence-electron chi connectivity index (χ2n) is 6.84. The van der Waals surface area contributed by atoms with Gasteiger partial charge in [0.05, 0.1) is 6.61 Å². The van der Waals surface area contributed by atoms with Gasteiger partial charge in [0, 0.05) is 37.6 Å². The quantitative estimate of drug-likeness (QED) is 0.895. The first-order valence-electron chi connectivity index (χ1n) is 8.00. The second-order valence-corrected chi connectivity index (χ2v) is 6.84. The number of nitrogens with one attached hydrogen (secondary N) is 1. The lowest BCUT2D eigenvalue weighted by Crippen LogP contribution is -2.51. The lowest BCUT2D eigenvalue weighted by molar-refractivity contribution is -0.0411. The SMILES string of the molecule is OC1(CNC2CC3(CCC3)Oc3ccccc32)CCOC1. The third kappa shape index (κ3) is 2.45. The van der Waals surface area contributed by atoms with E-state index in [9.17, 15) is 5.11 Å². The van der Waals surface area contributed by atoms with E-state index in [0.717, 1.165) is 31.4 Å². The number of hydrogen-bond donors (Lipinski definition) is 2. The number of ether oxygens (including phenoxy) is 2. The van der Waals surface area contributed by atoms with Gasteiger partial charge in [-0.25, -0.2) is 0 Å². The number of fused-ring (bicyclic) bond motifs is 1. The molecule has 0 aromatic heterocycles. The van der Waals surface area contributed by atoms with Crippen LogP contribution in [0, 0.1) is 0 Å². The molecule has 3 aliphatic rings. The van der Waals surface area contributed by atoms with Crippen molar-refractivity contribution in [2.24, 2.45) is 0 Å². The molecule has 1 saturated heterocycles. The summed E-state index contributed by atoms with van der Waals surface area (Å²) in [5, 5.41) is 14.0. The van der Waals surface area contributed by atoms with Crippen molar-refractivity contribution < 1.29 is 14.6 Å². The summed E-state index contributed by atoms with van der Waals surface area (Å²) in [5.74, 6) is 1.01. The lowest BCUT2D eigenvalue weighted by atomic mass is 9.73. The highest BCUT2D eigenvalue weighted by Gasteiger charge is 2.46. The third-order valence-electron chi connectivity index (χ3n) is 5.22. The van der Waals surface area contributed by atoms with Crippen LogP contribution in [0.5, 0.6) is 5.75 Å². The first kappa shape index (κ1) is 13.6. The van der Waals surface area contributed by atoms with Gasteiger partial charge >= 0.3 is 0 Å². The minimum atomic E-state index is -0.708. The van der Waals surface area contributed by atoms with E-state index >= 15 is 0 Å². The van der Waals surface area contributed by atoms with Crippen molar-refractivity contribution in [1.29, 1.82) is 0 Å². The minimum Gasteiger partial charge on any atom is -0.487 e. The molecule has 2 unspecified atom stereocenters. The van der Waals surface area contributed by atoms with Crippen LogP contribution < -0.4 is 10.1 Å². The number of hydrogen-bond acceptors (Lipinski definition) is 4. The predicted molar refractivity (Wildman–Crippen MR) is 79.4 cm³/mol. The van der Waals surface area contributed by atoms with Crippen molar-refractivity contribution in [1.82, 2.24) is 5.32 Å². The average Bonchev–Trinajstić information content (AvgIpc) is 2.90. The largest absolute Gasteiger partial charge is 0.487 e. The van der Waals surface area contributed by atoms with Crippen molar-refractivity contribution in [2.45, 2.75) is 49.3 Å². The smallest absolute Gasteiger partial charge is 0.124 e. The normalized spacial score (nSPS) is 33.3. The van der Waals surface area contributed by atoms with Crippen molar-refractivity contribution in [3.05, 3.63) is 29.8 Å². The van der Waals surface area contributed by atoms with E-state index in [-0.39, 0.29) is 11.6 Å². The maximum Gasteiger partial charge on any atom is 0.124 e. The van der Waals surface area contributed by atoms with Crippen molar-refractivity contribution in [3.8, 4) is 5.75 Å². The van der Waals surface area contributed by atoms with Crippen LogP contribution in [0.15, 0.2) is 24.3 Å². The summed E-state index contributed by atoms with van der Waals surface area (Å²) in [6.07, 6.45) is 5.27. The molecule has 21 heavy (non-hydrogen) atoms. The summed E-state index contributed by atoms with van der Waals surface area (Å²) >= 11 is 0. The fourth-order valence-corrected chi connectivity index (χ4v) is 3.73. The van der Waals surface area contributed by atoms with E-state index in [4.69, 9.17) is 9.47 Å². The third-order valence-corrected chi connectivity index (χ3v) is 5.22. The van der Waals surface area contributed by atoms with Gasteiger partial charge in [-0.3, -0.25) is 0 Å². The van der Waals surface area contributed by atoms with Crippen LogP contribution >= 0.6 is 0 Å². The molecular weight excluding hydrogens is 266 g/mol. The van der Waals surface area contributed by atoms with Gasteiger partial charge in [0.25, 0.3) is 0 Å². The van der Waals surface area contributed by atoms with Gasteiger partial charge in [-0.15, -0.1) is 0 Å². The zero-order chi connectivity index (χ0) is 14.3. The summed E-state index contributed by atoms with van der Waals surface area (Å²) in [6.45, 7) is 1.69. The van der Waals surface area contributed by atoms with E-state index < -0.39 is 5.60 Å². The molecule has 2 N–H and O–H groups in total. The molecule has 0 amide bonds. The van der Waals surface area contributed by atoms with Crippen LogP contribution in [0.3, 0.4) is 0 Å². The molecule has 2 fully saturated rings. The standard InChI is InChI=1S/C17H23NO3/c19-16(8-9-20-12-16)11-18-14-10-17(6-3-7-17)21-15-5-2-1-4-13(14)15/h1-2,4-5,14,18-19H,3,6-12H2. The van der Waals surface area contributed by atoms with Crippen LogP contribution in [0.4, 0.5) is 0 Å². The molecule has 4 heteroatoms. The average molecular weight is 289 g/mol. The number of aliphatic hydroxyl groups is 1. The van der Waals surface area contributed by atoms with Gasteiger partial charge < -0.3 is 19.9 Å². The van der Waals surface area contributed by atoms with E-state index in [0.29, 0.717) is 19.8 Å². The molecule has 1 aliphatic carbocycles. The molecule has 1 aromatic rings. The molecule has 1 spiro atoms. The molecule has 4 nitrogen and oxygen atoms in total. The van der Waals surface area contributed by atoms with E-state index in [1.165, 1.54) is 12.0 Å². The Labute approximate surface area is 125 Å². The Morgan fingerprint density at radius 1 is 1.24 bits per heavy atom. The van der Waals surface area contributed by atoms with Gasteiger partial charge in [0.15, 0.2) is 0 Å². The molecule has 2 aliphatic heterocycles. The summed E-state index contributed by atoms with van der Waals surface area (Å²) in [4.78, 5) is 0. The Morgan fingerprint density at radius 2 is 2.10 bits per heavy atom. The predicted octanol–water partition coefficient (Wildman–Crippen LogP) is 2.17. The summed E-state index contributed by atoms with van der Waals surface area (Å²) in [6, 6.07) is 8.55. The molecule has 1 aromatic carbocycles. The Morgan fingerprint density at radius 3 is 2.81 bits per heavy atom. The molecule has 4 rings (SSSR count). The van der Waals surface area contributed by atoms with Gasteiger partial charge in [-0.05, 0) is 25.3 Å². The monoisotopic (exact) mass is 289 g/mol. The van der Waals surface area contributed by atoms with E-state index in [1.807, 2.05) is 6.07 Å². The highest BCUT2D eigenvalue weighted by Crippen LogP contribution is 2.48. The molecule has 2 atom stereocenters. The highest BCUT2D eigenvalue weighted by atomic mass is 16.5. The van der Waals surface area contributed by atoms with Crippen LogP contribution in [0.1, 0.15) is 43.7 Å². The fraction of sp³-hybridized carbons (Fsp3) is 0.647. The summed E-state index contributed by atoms with van der Waals surface area (Å²) in [5.41, 5.74) is 0.540. The zero-order valence-corrected chi connectivity index (χ0v) is 12.3. The van der Waals surface area contributed by atoms with Gasteiger partial charge in [0.2, 0.25) is 0 Å². The molecule has 0 bridgehead atoms. The van der Waals surface area contributed by atoms with Crippen LogP contribution in [-0.2, 0) is 4.74 Å². The first-order chi connectivity index (χ1) is 10.2. The van der Waals surface area contributed by atoms with E-state index in [1.54, 1.807) is 0 Å². The number of para-hydroxylation sites is 1. The number of benzene rings is 1. The van der Waals surface area contributed by atoms with Gasteiger partial charge in [0.1, 0.15) is 17.0 Å². The maximum atomic E-state index is 10.5. The highest BCUT2D eigenvalue weighted by molar-refractivity contribution is 5.39. The Bertz CT molecular complexity index is 521. The van der Waals surface area contributed by atoms with Gasteiger partial charge in [-0.2, -0.15) is 0 Å². The van der Waals surface area contributed by atoms with Crippen LogP contribution in [0.25, 0.3) is 0 Å². The van der Waals surface area contributed by atoms with Crippen molar-refractivity contribution >= 4 is 0 Å².